The molecule has 0 saturated heterocycles. The smallest absolute Gasteiger partial charge is 0.155 e. The van der Waals surface area contributed by atoms with Gasteiger partial charge in [-0.25, -0.2) is 4.98 Å². The average molecular weight is 671 g/mol. The maximum absolute atomic E-state index is 5.20. The first-order valence-corrected chi connectivity index (χ1v) is 19.7. The van der Waals surface area contributed by atoms with Gasteiger partial charge in [-0.1, -0.05) is 113 Å². The van der Waals surface area contributed by atoms with Crippen LogP contribution in [0.25, 0.3) is 0 Å². The van der Waals surface area contributed by atoms with E-state index in [0.29, 0.717) is 23.8 Å². The van der Waals surface area contributed by atoms with Crippen molar-refractivity contribution in [2.75, 3.05) is 9.80 Å². The van der Waals surface area contributed by atoms with Gasteiger partial charge in [-0.3, -0.25) is 4.98 Å². The highest BCUT2D eigenvalue weighted by atomic mass is 15.3. The van der Waals surface area contributed by atoms with E-state index in [1.165, 1.54) is 41.0 Å². The lowest BCUT2D eigenvalue weighted by atomic mass is 9.43. The molecular weight excluding hydrogens is 621 g/mol. The van der Waals surface area contributed by atoms with E-state index < -0.39 is 0 Å². The molecule has 4 aliphatic heterocycles. The summed E-state index contributed by atoms with van der Waals surface area (Å²) in [4.78, 5) is 15.8. The molecule has 4 nitrogen and oxygen atoms in total. The van der Waals surface area contributed by atoms with Gasteiger partial charge in [0.2, 0.25) is 0 Å². The summed E-state index contributed by atoms with van der Waals surface area (Å²) in [6.45, 7) is 9.97. The van der Waals surface area contributed by atoms with E-state index >= 15 is 0 Å². The second-order valence-corrected chi connectivity index (χ2v) is 16.4. The third-order valence-electron chi connectivity index (χ3n) is 15.1. The maximum atomic E-state index is 5.20. The maximum Gasteiger partial charge on any atom is 0.155 e. The Morgan fingerprint density at radius 2 is 1.35 bits per heavy atom. The molecule has 4 heteroatoms. The van der Waals surface area contributed by atoms with E-state index in [0.717, 1.165) is 43.6 Å². The van der Waals surface area contributed by atoms with Crippen LogP contribution in [0.5, 0.6) is 0 Å². The quantitative estimate of drug-likeness (QED) is 0.191. The molecule has 5 aromatic rings. The number of aromatic nitrogens is 2. The standard InChI is InChI=1S/C47H50N4/c1-5-45-26-27-46(36-19-11-14-22-39(36)51-41(46)30-31(3)32(4)42-44(51)49-29-28-48-42)47(45,6-2)37-20-12-15-23-40(37)50-38-21-13-10-18-34(38)24-25-35(43(45)50)33-16-8-7-9-17-33/h7-23,28-29,31-32,35,41,43H,5-6,24-27,30H2,1-4H3. The molecule has 0 amide bonds. The molecule has 8 atom stereocenters. The number of hydrogen-bond acceptors (Lipinski definition) is 4. The fraction of sp³-hybridized carbons (Fsp3) is 0.404. The Kier molecular flexibility index (Phi) is 6.92. The van der Waals surface area contributed by atoms with Crippen molar-refractivity contribution < 1.29 is 0 Å². The molecule has 1 aliphatic carbocycles. The zero-order chi connectivity index (χ0) is 34.5. The summed E-state index contributed by atoms with van der Waals surface area (Å²) in [5.74, 6) is 2.30. The fourth-order valence-corrected chi connectivity index (χ4v) is 13.2. The molecule has 258 valence electrons. The number of aryl methyl sites for hydroxylation is 1. The highest BCUT2D eigenvalue weighted by Gasteiger charge is 2.77. The van der Waals surface area contributed by atoms with Crippen LogP contribution < -0.4 is 9.80 Å². The predicted octanol–water partition coefficient (Wildman–Crippen LogP) is 11.2. The van der Waals surface area contributed by atoms with Crippen molar-refractivity contribution in [1.82, 2.24) is 9.97 Å². The summed E-state index contributed by atoms with van der Waals surface area (Å²) < 4.78 is 0. The van der Waals surface area contributed by atoms with E-state index in [1.54, 1.807) is 11.1 Å². The van der Waals surface area contributed by atoms with E-state index in [-0.39, 0.29) is 22.3 Å². The van der Waals surface area contributed by atoms with Gasteiger partial charge in [-0.15, -0.1) is 0 Å². The van der Waals surface area contributed by atoms with Gasteiger partial charge in [0.1, 0.15) is 0 Å². The third kappa shape index (κ3) is 3.76. The van der Waals surface area contributed by atoms with Crippen LogP contribution in [0.2, 0.25) is 0 Å². The lowest BCUT2D eigenvalue weighted by Crippen LogP contribution is -2.67. The van der Waals surface area contributed by atoms with Crippen molar-refractivity contribution in [2.24, 2.45) is 11.3 Å². The van der Waals surface area contributed by atoms with Gasteiger partial charge >= 0.3 is 0 Å². The van der Waals surface area contributed by atoms with Crippen molar-refractivity contribution >= 4 is 22.9 Å². The second kappa shape index (κ2) is 11.3. The number of nitrogens with zero attached hydrogens (tertiary/aromatic N) is 4. The zero-order valence-corrected chi connectivity index (χ0v) is 30.6. The monoisotopic (exact) mass is 670 g/mol. The number of anilines is 4. The molecule has 51 heavy (non-hydrogen) atoms. The van der Waals surface area contributed by atoms with E-state index in [4.69, 9.17) is 9.97 Å². The molecule has 4 aromatic carbocycles. The second-order valence-electron chi connectivity index (χ2n) is 16.4. The van der Waals surface area contributed by atoms with E-state index in [9.17, 15) is 0 Å². The molecule has 1 fully saturated rings. The summed E-state index contributed by atoms with van der Waals surface area (Å²) in [6.07, 6.45) is 11.8. The topological polar surface area (TPSA) is 32.3 Å². The first-order chi connectivity index (χ1) is 25.0. The molecule has 0 N–H and O–H groups in total. The van der Waals surface area contributed by atoms with Gasteiger partial charge in [0.15, 0.2) is 5.82 Å². The largest absolute Gasteiger partial charge is 0.337 e. The normalized spacial score (nSPS) is 32.8. The first kappa shape index (κ1) is 31.3. The summed E-state index contributed by atoms with van der Waals surface area (Å²) in [7, 11) is 0. The molecule has 5 aliphatic rings. The van der Waals surface area contributed by atoms with Crippen LogP contribution in [0.1, 0.15) is 106 Å². The Labute approximate surface area is 304 Å². The number of benzene rings is 4. The third-order valence-corrected chi connectivity index (χ3v) is 15.1. The summed E-state index contributed by atoms with van der Waals surface area (Å²) in [5, 5.41) is 0. The van der Waals surface area contributed by atoms with Crippen LogP contribution in [0.3, 0.4) is 0 Å². The van der Waals surface area contributed by atoms with Crippen LogP contribution in [-0.4, -0.2) is 22.1 Å². The lowest BCUT2D eigenvalue weighted by Gasteiger charge is -2.65. The van der Waals surface area contributed by atoms with Crippen molar-refractivity contribution in [3.8, 4) is 0 Å². The minimum atomic E-state index is -0.107. The summed E-state index contributed by atoms with van der Waals surface area (Å²) in [5.41, 5.74) is 11.3. The molecule has 1 aromatic heterocycles. The van der Waals surface area contributed by atoms with Crippen molar-refractivity contribution in [3.05, 3.63) is 143 Å². The lowest BCUT2D eigenvalue weighted by molar-refractivity contribution is 0.0299. The highest BCUT2D eigenvalue weighted by Crippen LogP contribution is 2.78. The first-order valence-electron chi connectivity index (χ1n) is 19.7. The molecule has 10 rings (SSSR count). The van der Waals surface area contributed by atoms with Gasteiger partial charge in [0.25, 0.3) is 0 Å². The van der Waals surface area contributed by atoms with Gasteiger partial charge in [-0.2, -0.15) is 0 Å². The molecule has 8 unspecified atom stereocenters. The Hall–Kier alpha value is -4.44. The number of hydrogen-bond donors (Lipinski definition) is 0. The van der Waals surface area contributed by atoms with E-state index in [1.807, 2.05) is 12.4 Å². The van der Waals surface area contributed by atoms with Crippen LogP contribution in [0.4, 0.5) is 22.9 Å². The molecule has 5 heterocycles. The van der Waals surface area contributed by atoms with Crippen molar-refractivity contribution in [1.29, 1.82) is 0 Å². The van der Waals surface area contributed by atoms with Gasteiger partial charge in [-0.05, 0) is 91.3 Å². The van der Waals surface area contributed by atoms with Gasteiger partial charge in [0, 0.05) is 69.6 Å². The van der Waals surface area contributed by atoms with Crippen LogP contribution in [-0.2, 0) is 17.3 Å². The van der Waals surface area contributed by atoms with Crippen LogP contribution in [0.15, 0.2) is 116 Å². The number of rotatable bonds is 3. The van der Waals surface area contributed by atoms with Gasteiger partial charge < -0.3 is 9.80 Å². The number of fused-ring (bicyclic) bond motifs is 16. The van der Waals surface area contributed by atoms with Crippen molar-refractivity contribution in [2.45, 2.75) is 107 Å². The molecule has 1 spiro atoms. The van der Waals surface area contributed by atoms with Crippen LogP contribution >= 0.6 is 0 Å². The van der Waals surface area contributed by atoms with Crippen molar-refractivity contribution in [3.63, 3.8) is 0 Å². The Morgan fingerprint density at radius 1 is 0.686 bits per heavy atom. The minimum absolute atomic E-state index is 0.0174. The van der Waals surface area contributed by atoms with Crippen LogP contribution in [0, 0.1) is 11.3 Å². The Bertz CT molecular complexity index is 2130. The minimum Gasteiger partial charge on any atom is -0.337 e. The summed E-state index contributed by atoms with van der Waals surface area (Å²) in [6, 6.07) is 40.7. The molecule has 1 saturated carbocycles. The van der Waals surface area contributed by atoms with Gasteiger partial charge in [0.05, 0.1) is 5.69 Å². The fourth-order valence-electron chi connectivity index (χ4n) is 13.2. The SMILES string of the molecule is CCC12CCC3(c4ccccc4N4c5nccnc5C(C)C(C)CC43)C1(CC)c1ccccc1N1c3ccccc3CCC(c3ccccc3)C12. The molecule has 0 radical (unpaired) electrons. The average Bonchev–Trinajstić information content (AvgIpc) is 3.52. The Morgan fingerprint density at radius 3 is 2.12 bits per heavy atom. The Balaban J connectivity index is 1.32. The molecule has 0 bridgehead atoms. The molecular formula is C47H50N4. The van der Waals surface area contributed by atoms with E-state index in [2.05, 4.69) is 141 Å². The highest BCUT2D eigenvalue weighted by molar-refractivity contribution is 5.81. The number of para-hydroxylation sites is 3. The summed E-state index contributed by atoms with van der Waals surface area (Å²) >= 11 is 0. The zero-order valence-electron chi connectivity index (χ0n) is 30.6. The predicted molar refractivity (Wildman–Crippen MR) is 209 cm³/mol.